The number of rotatable bonds is 4. The number of aromatic nitrogens is 7. The van der Waals surface area contributed by atoms with Gasteiger partial charge in [-0.3, -0.25) is 4.79 Å². The molecule has 1 fully saturated rings. The number of hydrogen-bond donors (Lipinski definition) is 0. The Balaban J connectivity index is 1.39. The van der Waals surface area contributed by atoms with E-state index in [1.54, 1.807) is 17.1 Å². The second-order valence-electron chi connectivity index (χ2n) is 8.51. The Kier molecular flexibility index (Phi) is 5.12. The Labute approximate surface area is 169 Å². The monoisotopic (exact) mass is 394 g/mol. The lowest BCUT2D eigenvalue weighted by atomic mass is 9.92. The smallest absolute Gasteiger partial charge is 0.266 e. The van der Waals surface area contributed by atoms with Gasteiger partial charge in [-0.05, 0) is 37.0 Å². The Hall–Kier alpha value is -3.10. The lowest BCUT2D eigenvalue weighted by Crippen LogP contribution is -2.37. The molecular weight excluding hydrogens is 368 g/mol. The van der Waals surface area contributed by atoms with Gasteiger partial charge in [0.2, 0.25) is 0 Å². The first kappa shape index (κ1) is 19.2. The van der Waals surface area contributed by atoms with Crippen LogP contribution in [-0.2, 0) is 12.0 Å². The van der Waals surface area contributed by atoms with Crippen molar-refractivity contribution in [3.63, 3.8) is 0 Å². The van der Waals surface area contributed by atoms with Crippen molar-refractivity contribution in [1.82, 2.24) is 34.7 Å². The van der Waals surface area contributed by atoms with Crippen molar-refractivity contribution >= 4 is 5.82 Å². The van der Waals surface area contributed by atoms with Gasteiger partial charge in [-0.15, -0.1) is 10.2 Å². The van der Waals surface area contributed by atoms with Crippen LogP contribution in [-0.4, -0.2) is 47.8 Å². The molecule has 0 spiro atoms. The quantitative estimate of drug-likeness (QED) is 0.666. The van der Waals surface area contributed by atoms with Gasteiger partial charge in [0.1, 0.15) is 12.7 Å². The van der Waals surface area contributed by atoms with E-state index in [2.05, 4.69) is 63.2 Å². The van der Waals surface area contributed by atoms with Crippen molar-refractivity contribution in [3.8, 4) is 5.82 Å². The van der Waals surface area contributed by atoms with E-state index in [0.717, 1.165) is 37.4 Å². The van der Waals surface area contributed by atoms with Gasteiger partial charge >= 0.3 is 0 Å². The van der Waals surface area contributed by atoms with E-state index in [9.17, 15) is 4.79 Å². The van der Waals surface area contributed by atoms with Crippen molar-refractivity contribution in [1.29, 1.82) is 0 Å². The van der Waals surface area contributed by atoms with Crippen LogP contribution in [0.4, 0.5) is 5.82 Å². The summed E-state index contributed by atoms with van der Waals surface area (Å²) in [4.78, 5) is 18.4. The predicted octanol–water partition coefficient (Wildman–Crippen LogP) is 1.83. The summed E-state index contributed by atoms with van der Waals surface area (Å²) >= 11 is 0. The number of piperidine rings is 1. The first-order valence-corrected chi connectivity index (χ1v) is 9.92. The minimum absolute atomic E-state index is 0.000441. The van der Waals surface area contributed by atoms with Crippen molar-refractivity contribution in [3.05, 3.63) is 53.0 Å². The molecule has 1 aliphatic heterocycles. The topological polar surface area (TPSA) is 94.6 Å². The average molecular weight is 394 g/mol. The molecule has 3 aromatic heterocycles. The van der Waals surface area contributed by atoms with E-state index in [0.29, 0.717) is 18.3 Å². The molecule has 1 aliphatic rings. The second-order valence-corrected chi connectivity index (χ2v) is 8.51. The lowest BCUT2D eigenvalue weighted by molar-refractivity contribution is 0.333. The molecule has 0 saturated carbocycles. The van der Waals surface area contributed by atoms with Gasteiger partial charge in [0.15, 0.2) is 11.6 Å². The minimum atomic E-state index is -0.0973. The first-order chi connectivity index (χ1) is 13.9. The van der Waals surface area contributed by atoms with Gasteiger partial charge in [0.05, 0.1) is 5.69 Å². The molecule has 4 heterocycles. The molecule has 0 aromatic carbocycles. The molecule has 0 amide bonds. The molecule has 0 unspecified atom stereocenters. The molecule has 152 valence electrons. The summed E-state index contributed by atoms with van der Waals surface area (Å²) in [5.74, 6) is 1.90. The SMILES string of the molecule is CC(C)(C)c1ccc(N2CCC(Cn3nc(-n4cncn4)ccc3=O)CC2)nn1. The Morgan fingerprint density at radius 2 is 1.79 bits per heavy atom. The van der Waals surface area contributed by atoms with Crippen molar-refractivity contribution in [2.75, 3.05) is 18.0 Å². The fourth-order valence-corrected chi connectivity index (χ4v) is 3.50. The van der Waals surface area contributed by atoms with Gasteiger partial charge in [-0.1, -0.05) is 20.8 Å². The molecule has 9 nitrogen and oxygen atoms in total. The summed E-state index contributed by atoms with van der Waals surface area (Å²) in [6.07, 6.45) is 4.97. The second kappa shape index (κ2) is 7.73. The van der Waals surface area contributed by atoms with Crippen LogP contribution >= 0.6 is 0 Å². The molecule has 1 saturated heterocycles. The molecule has 3 aromatic rings. The number of anilines is 1. The fraction of sp³-hybridized carbons (Fsp3) is 0.500. The zero-order chi connectivity index (χ0) is 20.4. The largest absolute Gasteiger partial charge is 0.355 e. The summed E-state index contributed by atoms with van der Waals surface area (Å²) in [6.45, 7) is 8.80. The number of hydrogen-bond acceptors (Lipinski definition) is 7. The van der Waals surface area contributed by atoms with Gasteiger partial charge in [-0.25, -0.2) is 14.3 Å². The Bertz CT molecular complexity index is 996. The summed E-state index contributed by atoms with van der Waals surface area (Å²) in [5.41, 5.74) is 0.897. The normalized spacial score (nSPS) is 15.6. The first-order valence-electron chi connectivity index (χ1n) is 9.92. The highest BCUT2D eigenvalue weighted by Gasteiger charge is 2.23. The maximum Gasteiger partial charge on any atom is 0.266 e. The van der Waals surface area contributed by atoms with Crippen LogP contribution in [0.1, 0.15) is 39.3 Å². The Morgan fingerprint density at radius 3 is 2.41 bits per heavy atom. The number of nitrogens with zero attached hydrogens (tertiary/aromatic N) is 8. The maximum absolute atomic E-state index is 12.2. The highest BCUT2D eigenvalue weighted by molar-refractivity contribution is 5.38. The molecule has 0 aliphatic carbocycles. The van der Waals surface area contributed by atoms with E-state index >= 15 is 0 Å². The summed E-state index contributed by atoms with van der Waals surface area (Å²) < 4.78 is 3.09. The van der Waals surface area contributed by atoms with Crippen LogP contribution < -0.4 is 10.5 Å². The molecular formula is C20H26N8O. The van der Waals surface area contributed by atoms with Gasteiger partial charge in [-0.2, -0.15) is 10.2 Å². The van der Waals surface area contributed by atoms with Crippen LogP contribution in [0.25, 0.3) is 5.82 Å². The third kappa shape index (κ3) is 4.33. The fourth-order valence-electron chi connectivity index (χ4n) is 3.50. The third-order valence-electron chi connectivity index (χ3n) is 5.29. The van der Waals surface area contributed by atoms with Crippen molar-refractivity contribution < 1.29 is 0 Å². The molecule has 0 N–H and O–H groups in total. The highest BCUT2D eigenvalue weighted by atomic mass is 16.1. The van der Waals surface area contributed by atoms with Crippen LogP contribution in [0, 0.1) is 5.92 Å². The van der Waals surface area contributed by atoms with E-state index in [1.807, 2.05) is 0 Å². The summed E-state index contributed by atoms with van der Waals surface area (Å²) in [6, 6.07) is 7.32. The predicted molar refractivity (Wildman–Crippen MR) is 109 cm³/mol. The highest BCUT2D eigenvalue weighted by Crippen LogP contribution is 2.24. The van der Waals surface area contributed by atoms with Crippen LogP contribution in [0.3, 0.4) is 0 Å². The maximum atomic E-state index is 12.2. The molecule has 4 rings (SSSR count). The lowest BCUT2D eigenvalue weighted by Gasteiger charge is -2.32. The van der Waals surface area contributed by atoms with Crippen LogP contribution in [0.15, 0.2) is 41.7 Å². The molecule has 29 heavy (non-hydrogen) atoms. The van der Waals surface area contributed by atoms with E-state index in [4.69, 9.17) is 0 Å². The van der Waals surface area contributed by atoms with Crippen molar-refractivity contribution in [2.24, 2.45) is 5.92 Å². The van der Waals surface area contributed by atoms with E-state index < -0.39 is 0 Å². The third-order valence-corrected chi connectivity index (χ3v) is 5.29. The Morgan fingerprint density at radius 1 is 1.03 bits per heavy atom. The van der Waals surface area contributed by atoms with Gasteiger partial charge in [0.25, 0.3) is 5.56 Å². The molecule has 9 heteroatoms. The van der Waals surface area contributed by atoms with Gasteiger partial charge in [0, 0.05) is 31.1 Å². The molecule has 0 bridgehead atoms. The van der Waals surface area contributed by atoms with Crippen LogP contribution in [0.2, 0.25) is 0 Å². The zero-order valence-corrected chi connectivity index (χ0v) is 17.1. The van der Waals surface area contributed by atoms with E-state index in [1.165, 1.54) is 17.1 Å². The standard InChI is InChI=1S/C20H26N8O/c1-20(2,3)16-4-5-17(24-23-16)26-10-8-15(9-11-26)12-27-19(29)7-6-18(25-27)28-14-21-13-22-28/h4-7,13-15H,8-12H2,1-3H3. The zero-order valence-electron chi connectivity index (χ0n) is 17.1. The molecule has 0 atom stereocenters. The molecule has 0 radical (unpaired) electrons. The van der Waals surface area contributed by atoms with E-state index in [-0.39, 0.29) is 11.0 Å². The average Bonchev–Trinajstić information content (AvgIpc) is 3.25. The van der Waals surface area contributed by atoms with Gasteiger partial charge < -0.3 is 4.90 Å². The van der Waals surface area contributed by atoms with Crippen molar-refractivity contribution in [2.45, 2.75) is 45.6 Å². The summed E-state index contributed by atoms with van der Waals surface area (Å²) in [5, 5.41) is 17.3. The summed E-state index contributed by atoms with van der Waals surface area (Å²) in [7, 11) is 0. The minimum Gasteiger partial charge on any atom is -0.355 e. The van der Waals surface area contributed by atoms with Crippen LogP contribution in [0.5, 0.6) is 0 Å².